The number of hydrogen-bond donors (Lipinski definition) is 1. The van der Waals surface area contributed by atoms with Gasteiger partial charge in [0.15, 0.2) is 0 Å². The number of nitrogen functional groups attached to an aromatic ring is 1. The van der Waals surface area contributed by atoms with Crippen LogP contribution in [0, 0.1) is 0 Å². The van der Waals surface area contributed by atoms with Gasteiger partial charge in [-0.15, -0.1) is 0 Å². The second-order valence-electron chi connectivity index (χ2n) is 2.43. The molecule has 0 atom stereocenters. The second kappa shape index (κ2) is 3.91. The highest BCUT2D eigenvalue weighted by molar-refractivity contribution is 7.99. The molecule has 0 radical (unpaired) electrons. The third-order valence-corrected chi connectivity index (χ3v) is 2.23. The lowest BCUT2D eigenvalue weighted by molar-refractivity contribution is -0.0329. The van der Waals surface area contributed by atoms with Crippen molar-refractivity contribution in [2.45, 2.75) is 11.3 Å². The first-order valence-corrected chi connectivity index (χ1v) is 4.51. The third-order valence-electron chi connectivity index (χ3n) is 1.45. The molecular weight excluding hydrogens is 199 g/mol. The van der Waals surface area contributed by atoms with Crippen LogP contribution in [0.1, 0.15) is 5.56 Å². The van der Waals surface area contributed by atoms with Crippen LogP contribution < -0.4 is 5.73 Å². The molecule has 0 fully saturated rings. The van der Waals surface area contributed by atoms with Crippen LogP contribution in [0.2, 0.25) is 0 Å². The van der Waals surface area contributed by atoms with Crippen LogP contribution in [-0.2, 0) is 5.75 Å². The zero-order chi connectivity index (χ0) is 9.90. The maximum Gasteiger partial charge on any atom is 0.442 e. The summed E-state index contributed by atoms with van der Waals surface area (Å²) < 4.78 is 35.4. The standard InChI is InChI=1S/C8H8F3NS/c9-8(10,11)13-5-6-3-1-2-4-7(6)12/h1-4H,5,12H2. The van der Waals surface area contributed by atoms with Gasteiger partial charge in [-0.1, -0.05) is 18.2 Å². The molecule has 0 saturated carbocycles. The van der Waals surface area contributed by atoms with Crippen molar-refractivity contribution < 1.29 is 13.2 Å². The van der Waals surface area contributed by atoms with Crippen molar-refractivity contribution in [3.8, 4) is 0 Å². The Kier molecular flexibility index (Phi) is 3.08. The lowest BCUT2D eigenvalue weighted by Crippen LogP contribution is -2.01. The van der Waals surface area contributed by atoms with Crippen molar-refractivity contribution in [2.24, 2.45) is 0 Å². The quantitative estimate of drug-likeness (QED) is 0.754. The van der Waals surface area contributed by atoms with Gasteiger partial charge in [0, 0.05) is 11.4 Å². The van der Waals surface area contributed by atoms with Gasteiger partial charge in [0.1, 0.15) is 0 Å². The maximum atomic E-state index is 11.8. The molecule has 5 heteroatoms. The molecule has 0 spiro atoms. The van der Waals surface area contributed by atoms with Crippen LogP contribution in [-0.4, -0.2) is 5.51 Å². The van der Waals surface area contributed by atoms with Crippen molar-refractivity contribution in [1.82, 2.24) is 0 Å². The van der Waals surface area contributed by atoms with E-state index in [0.29, 0.717) is 11.3 Å². The number of halogens is 3. The maximum absolute atomic E-state index is 11.8. The molecular formula is C8H8F3NS. The van der Waals surface area contributed by atoms with Crippen molar-refractivity contribution in [2.75, 3.05) is 5.73 Å². The second-order valence-corrected chi connectivity index (χ2v) is 3.47. The Labute approximate surface area is 78.1 Å². The molecule has 1 nitrogen and oxygen atoms in total. The van der Waals surface area contributed by atoms with Crippen LogP contribution in [0.3, 0.4) is 0 Å². The number of para-hydroxylation sites is 1. The molecule has 1 aromatic carbocycles. The minimum atomic E-state index is -4.19. The minimum Gasteiger partial charge on any atom is -0.398 e. The van der Waals surface area contributed by atoms with Crippen molar-refractivity contribution in [3.63, 3.8) is 0 Å². The van der Waals surface area contributed by atoms with E-state index in [2.05, 4.69) is 0 Å². The molecule has 0 heterocycles. The van der Waals surface area contributed by atoms with Gasteiger partial charge in [0.2, 0.25) is 0 Å². The van der Waals surface area contributed by atoms with Gasteiger partial charge in [-0.3, -0.25) is 0 Å². The SMILES string of the molecule is Nc1ccccc1CSC(F)(F)F. The van der Waals surface area contributed by atoms with Gasteiger partial charge in [-0.2, -0.15) is 13.2 Å². The summed E-state index contributed by atoms with van der Waals surface area (Å²) in [4.78, 5) is 0. The summed E-state index contributed by atoms with van der Waals surface area (Å²) in [5, 5.41) is 0. The van der Waals surface area contributed by atoms with E-state index in [9.17, 15) is 13.2 Å². The van der Waals surface area contributed by atoms with Gasteiger partial charge in [0.05, 0.1) is 0 Å². The zero-order valence-corrected chi connectivity index (χ0v) is 7.45. The molecule has 0 aromatic heterocycles. The molecule has 0 bridgehead atoms. The van der Waals surface area contributed by atoms with Gasteiger partial charge >= 0.3 is 5.51 Å². The Hall–Kier alpha value is -0.840. The highest BCUT2D eigenvalue weighted by Gasteiger charge is 2.27. The topological polar surface area (TPSA) is 26.0 Å². The Balaban J connectivity index is 2.60. The summed E-state index contributed by atoms with van der Waals surface area (Å²) in [5.74, 6) is -0.129. The zero-order valence-electron chi connectivity index (χ0n) is 6.64. The van der Waals surface area contributed by atoms with Crippen molar-refractivity contribution in [1.29, 1.82) is 0 Å². The molecule has 0 unspecified atom stereocenters. The van der Waals surface area contributed by atoms with Gasteiger partial charge < -0.3 is 5.73 Å². The predicted molar refractivity (Wildman–Crippen MR) is 48.2 cm³/mol. The third kappa shape index (κ3) is 3.59. The number of hydrogen-bond acceptors (Lipinski definition) is 2. The number of rotatable bonds is 2. The Morgan fingerprint density at radius 3 is 2.38 bits per heavy atom. The number of benzene rings is 1. The number of nitrogens with two attached hydrogens (primary N) is 1. The Morgan fingerprint density at radius 2 is 1.85 bits per heavy atom. The van der Waals surface area contributed by atoms with E-state index in [4.69, 9.17) is 5.73 Å². The predicted octanol–water partition coefficient (Wildman–Crippen LogP) is 3.02. The number of alkyl halides is 3. The van der Waals surface area contributed by atoms with Gasteiger partial charge in [0.25, 0.3) is 0 Å². The van der Waals surface area contributed by atoms with Crippen LogP contribution in [0.4, 0.5) is 18.9 Å². The summed E-state index contributed by atoms with van der Waals surface area (Å²) in [5.41, 5.74) is 2.20. The van der Waals surface area contributed by atoms with E-state index in [0.717, 1.165) is 0 Å². The molecule has 0 amide bonds. The lowest BCUT2D eigenvalue weighted by Gasteiger charge is -2.07. The molecule has 72 valence electrons. The van der Waals surface area contributed by atoms with Crippen LogP contribution in [0.25, 0.3) is 0 Å². The molecule has 0 aliphatic heterocycles. The van der Waals surface area contributed by atoms with Crippen molar-refractivity contribution in [3.05, 3.63) is 29.8 Å². The molecule has 1 rings (SSSR count). The molecule has 0 aliphatic rings. The largest absolute Gasteiger partial charge is 0.442 e. The minimum absolute atomic E-state index is 0.0792. The first-order chi connectivity index (χ1) is 5.99. The molecule has 0 aliphatic carbocycles. The first-order valence-electron chi connectivity index (χ1n) is 3.53. The van der Waals surface area contributed by atoms with Gasteiger partial charge in [-0.05, 0) is 23.4 Å². The first kappa shape index (κ1) is 10.2. The van der Waals surface area contributed by atoms with Crippen LogP contribution >= 0.6 is 11.8 Å². The highest BCUT2D eigenvalue weighted by atomic mass is 32.2. The Bertz CT molecular complexity index is 285. The summed E-state index contributed by atoms with van der Waals surface area (Å²) in [7, 11) is 0. The average Bonchev–Trinajstić information content (AvgIpc) is 2.01. The molecule has 13 heavy (non-hydrogen) atoms. The van der Waals surface area contributed by atoms with E-state index in [1.54, 1.807) is 24.3 Å². The normalized spacial score (nSPS) is 11.6. The lowest BCUT2D eigenvalue weighted by atomic mass is 10.2. The van der Waals surface area contributed by atoms with Crippen LogP contribution in [0.5, 0.6) is 0 Å². The van der Waals surface area contributed by atoms with Crippen LogP contribution in [0.15, 0.2) is 24.3 Å². The fraction of sp³-hybridized carbons (Fsp3) is 0.250. The fourth-order valence-electron chi connectivity index (χ4n) is 0.825. The van der Waals surface area contributed by atoms with E-state index in [1.165, 1.54) is 0 Å². The smallest absolute Gasteiger partial charge is 0.398 e. The van der Waals surface area contributed by atoms with E-state index in [-0.39, 0.29) is 17.5 Å². The van der Waals surface area contributed by atoms with Crippen molar-refractivity contribution >= 4 is 17.4 Å². The highest BCUT2D eigenvalue weighted by Crippen LogP contribution is 2.33. The van der Waals surface area contributed by atoms with E-state index >= 15 is 0 Å². The fourth-order valence-corrected chi connectivity index (χ4v) is 1.41. The summed E-state index contributed by atoms with van der Waals surface area (Å²) in [6.07, 6.45) is 0. The summed E-state index contributed by atoms with van der Waals surface area (Å²) in [6, 6.07) is 6.54. The summed E-state index contributed by atoms with van der Waals surface area (Å²) in [6.45, 7) is 0. The summed E-state index contributed by atoms with van der Waals surface area (Å²) >= 11 is -0.0792. The molecule has 2 N–H and O–H groups in total. The molecule has 1 aromatic rings. The molecule has 0 saturated heterocycles. The Morgan fingerprint density at radius 1 is 1.23 bits per heavy atom. The van der Waals surface area contributed by atoms with E-state index in [1.807, 2.05) is 0 Å². The average molecular weight is 207 g/mol. The number of thioether (sulfide) groups is 1. The monoisotopic (exact) mass is 207 g/mol. The van der Waals surface area contributed by atoms with E-state index < -0.39 is 5.51 Å². The number of anilines is 1. The van der Waals surface area contributed by atoms with Gasteiger partial charge in [-0.25, -0.2) is 0 Å².